The molecule has 1 N–H and O–H groups in total. The Morgan fingerprint density at radius 2 is 1.11 bits per heavy atom. The van der Waals surface area contributed by atoms with Crippen LogP contribution in [-0.2, 0) is 18.4 Å². The van der Waals surface area contributed by atoms with Gasteiger partial charge in [0.1, 0.15) is 13.2 Å². The van der Waals surface area contributed by atoms with Crippen LogP contribution in [0.4, 0.5) is 0 Å². The molecule has 1 unspecified atom stereocenters. The van der Waals surface area contributed by atoms with Crippen LogP contribution < -0.4 is 10.2 Å². The Bertz CT molecular complexity index is 911. The van der Waals surface area contributed by atoms with Gasteiger partial charge in [-0.2, -0.15) is 11.8 Å². The number of hydrogen-bond donors (Lipinski definition) is 1. The number of phosphoric acid groups is 1. The van der Waals surface area contributed by atoms with Gasteiger partial charge in [-0.3, -0.25) is 9.36 Å². The first kappa shape index (κ1) is 52.4. The van der Waals surface area contributed by atoms with Crippen LogP contribution in [0.3, 0.4) is 0 Å². The van der Waals surface area contributed by atoms with Gasteiger partial charge in [0.2, 0.25) is 5.91 Å². The molecular formula is C44H87N2O5PS. The van der Waals surface area contributed by atoms with E-state index in [4.69, 9.17) is 9.05 Å². The smallest absolute Gasteiger partial charge is 0.268 e. The number of quaternary nitrogens is 1. The summed E-state index contributed by atoms with van der Waals surface area (Å²) in [6.07, 6.45) is 43.8. The zero-order valence-electron chi connectivity index (χ0n) is 35.6. The molecule has 9 heteroatoms. The van der Waals surface area contributed by atoms with E-state index in [-0.39, 0.29) is 25.2 Å². The molecule has 0 heterocycles. The van der Waals surface area contributed by atoms with E-state index in [1.54, 1.807) is 11.8 Å². The number of unbranched alkanes of at least 4 members (excludes halogenated alkanes) is 23. The van der Waals surface area contributed by atoms with Gasteiger partial charge in [0.15, 0.2) is 0 Å². The van der Waals surface area contributed by atoms with Crippen LogP contribution in [0.1, 0.15) is 194 Å². The largest absolute Gasteiger partial charge is 0.756 e. The number of hydrogen-bond acceptors (Lipinski definition) is 6. The summed E-state index contributed by atoms with van der Waals surface area (Å²) in [6.45, 7) is 5.06. The van der Waals surface area contributed by atoms with Crippen LogP contribution in [0.15, 0.2) is 24.3 Å². The first-order valence-corrected chi connectivity index (χ1v) is 24.8. The maximum absolute atomic E-state index is 12.8. The molecule has 1 amide bonds. The highest BCUT2D eigenvalue weighted by atomic mass is 32.2. The van der Waals surface area contributed by atoms with Crippen LogP contribution in [-0.4, -0.2) is 68.8 Å². The van der Waals surface area contributed by atoms with Gasteiger partial charge < -0.3 is 23.7 Å². The second-order valence-electron chi connectivity index (χ2n) is 16.2. The summed E-state index contributed by atoms with van der Waals surface area (Å²) in [6, 6.07) is -0.362. The van der Waals surface area contributed by atoms with Crippen molar-refractivity contribution in [2.24, 2.45) is 0 Å². The highest BCUT2D eigenvalue weighted by Gasteiger charge is 2.18. The third-order valence-corrected chi connectivity index (χ3v) is 11.8. The molecule has 0 rings (SSSR count). The van der Waals surface area contributed by atoms with E-state index >= 15 is 0 Å². The molecule has 0 saturated carbocycles. The summed E-state index contributed by atoms with van der Waals surface area (Å²) in [4.78, 5) is 25.3. The molecule has 0 bridgehead atoms. The lowest BCUT2D eigenvalue weighted by Crippen LogP contribution is -2.40. The summed E-state index contributed by atoms with van der Waals surface area (Å²) in [7, 11) is 1.51. The SMILES string of the molecule is CCCCC/C=C\C/C=C\CCCCCCCCCC(=O)N[C@@H](COP(=O)([O-])OCC[N+](C)(C)C)CSCCCCCCCCCCCCCCCC. The Morgan fingerprint density at radius 3 is 1.64 bits per heavy atom. The number of thioether (sulfide) groups is 1. The lowest BCUT2D eigenvalue weighted by atomic mass is 10.0. The average molecular weight is 787 g/mol. The first-order valence-electron chi connectivity index (χ1n) is 22.2. The molecule has 0 radical (unpaired) electrons. The van der Waals surface area contributed by atoms with E-state index in [0.717, 1.165) is 44.3 Å². The molecule has 53 heavy (non-hydrogen) atoms. The quantitative estimate of drug-likeness (QED) is 0.0287. The maximum Gasteiger partial charge on any atom is 0.268 e. The van der Waals surface area contributed by atoms with Crippen LogP contribution in [0, 0.1) is 0 Å². The molecule has 0 aromatic heterocycles. The van der Waals surface area contributed by atoms with Crippen molar-refractivity contribution in [3.63, 3.8) is 0 Å². The van der Waals surface area contributed by atoms with Crippen molar-refractivity contribution in [2.75, 3.05) is 52.4 Å². The normalized spacial score (nSPS) is 14.0. The summed E-state index contributed by atoms with van der Waals surface area (Å²) in [5, 5.41) is 3.06. The molecule has 0 spiro atoms. The minimum absolute atomic E-state index is 0.0232. The van der Waals surface area contributed by atoms with Crippen molar-refractivity contribution < 1.29 is 27.8 Å². The molecule has 0 aliphatic rings. The lowest BCUT2D eigenvalue weighted by Gasteiger charge is -2.28. The van der Waals surface area contributed by atoms with Gasteiger partial charge >= 0.3 is 0 Å². The number of allylic oxidation sites excluding steroid dienone is 4. The molecule has 7 nitrogen and oxygen atoms in total. The third-order valence-electron chi connectivity index (χ3n) is 9.63. The fourth-order valence-corrected chi connectivity index (χ4v) is 7.93. The highest BCUT2D eigenvalue weighted by Crippen LogP contribution is 2.38. The molecule has 2 atom stereocenters. The summed E-state index contributed by atoms with van der Waals surface area (Å²) < 4.78 is 23.4. The number of amides is 1. The van der Waals surface area contributed by atoms with E-state index in [2.05, 4.69) is 43.5 Å². The minimum atomic E-state index is -4.43. The van der Waals surface area contributed by atoms with E-state index in [1.165, 1.54) is 135 Å². The van der Waals surface area contributed by atoms with Crippen molar-refractivity contribution >= 4 is 25.5 Å². The molecule has 0 aromatic carbocycles. The Morgan fingerprint density at radius 1 is 0.660 bits per heavy atom. The third kappa shape index (κ3) is 42.4. The first-order chi connectivity index (χ1) is 25.6. The summed E-state index contributed by atoms with van der Waals surface area (Å²) in [5.74, 6) is 1.62. The van der Waals surface area contributed by atoms with Gasteiger partial charge in [0, 0.05) is 12.2 Å². The van der Waals surface area contributed by atoms with Gasteiger partial charge in [-0.25, -0.2) is 0 Å². The topological polar surface area (TPSA) is 87.7 Å². The van der Waals surface area contributed by atoms with E-state index < -0.39 is 7.82 Å². The maximum atomic E-state index is 12.8. The number of likely N-dealkylation sites (N-methyl/N-ethyl adjacent to an activating group) is 1. The highest BCUT2D eigenvalue weighted by molar-refractivity contribution is 7.99. The molecule has 0 aliphatic carbocycles. The number of rotatable bonds is 41. The van der Waals surface area contributed by atoms with E-state index in [0.29, 0.717) is 23.2 Å². The standard InChI is InChI=1S/C44H87N2O5PS/c1-6-8-10-12-14-16-18-20-22-23-24-25-27-29-31-33-35-37-44(47)45-43(41-51-52(48,49)50-39-38-46(3,4)5)42-53-40-36-34-32-30-28-26-21-19-17-15-13-11-9-7-2/h14,16,20,22,43H,6-13,15,17-19,21,23-42H2,1-5H3,(H-,45,47,48,49)/b16-14-,22-20-/t43-/m0/s1. The minimum Gasteiger partial charge on any atom is -0.756 e. The molecule has 0 saturated heterocycles. The van der Waals surface area contributed by atoms with Crippen molar-refractivity contribution in [3.05, 3.63) is 24.3 Å². The molecular weight excluding hydrogens is 700 g/mol. The number of phosphoric ester groups is 1. The van der Waals surface area contributed by atoms with E-state index in [9.17, 15) is 14.3 Å². The number of carbonyl (C=O) groups excluding carboxylic acids is 1. The van der Waals surface area contributed by atoms with Gasteiger partial charge in [-0.05, 0) is 50.7 Å². The number of nitrogens with one attached hydrogen (secondary N) is 1. The lowest BCUT2D eigenvalue weighted by molar-refractivity contribution is -0.870. The van der Waals surface area contributed by atoms with Gasteiger partial charge in [0.25, 0.3) is 7.82 Å². The van der Waals surface area contributed by atoms with Crippen molar-refractivity contribution in [3.8, 4) is 0 Å². The zero-order valence-corrected chi connectivity index (χ0v) is 37.3. The van der Waals surface area contributed by atoms with Crippen LogP contribution in [0.2, 0.25) is 0 Å². The summed E-state index contributed by atoms with van der Waals surface area (Å²) >= 11 is 1.77. The number of carbonyl (C=O) groups is 1. The molecule has 0 fully saturated rings. The Kier molecular flexibility index (Phi) is 37.8. The van der Waals surface area contributed by atoms with Crippen molar-refractivity contribution in [1.29, 1.82) is 0 Å². The zero-order chi connectivity index (χ0) is 39.1. The van der Waals surface area contributed by atoms with Gasteiger partial charge in [0.05, 0.1) is 33.8 Å². The Hall–Kier alpha value is -0.630. The van der Waals surface area contributed by atoms with Crippen LogP contribution >= 0.6 is 19.6 Å². The Balaban J connectivity index is 4.23. The second kappa shape index (κ2) is 38.3. The average Bonchev–Trinajstić information content (AvgIpc) is 3.11. The molecule has 0 aliphatic heterocycles. The van der Waals surface area contributed by atoms with Crippen LogP contribution in [0.5, 0.6) is 0 Å². The summed E-state index contributed by atoms with van der Waals surface area (Å²) in [5.41, 5.74) is 0. The monoisotopic (exact) mass is 787 g/mol. The Labute approximate surface area is 333 Å². The van der Waals surface area contributed by atoms with Crippen molar-refractivity contribution in [2.45, 2.75) is 200 Å². The van der Waals surface area contributed by atoms with Crippen LogP contribution in [0.25, 0.3) is 0 Å². The van der Waals surface area contributed by atoms with Gasteiger partial charge in [-0.1, -0.05) is 167 Å². The van der Waals surface area contributed by atoms with E-state index in [1.807, 2.05) is 21.1 Å². The fraction of sp³-hybridized carbons (Fsp3) is 0.886. The second-order valence-corrected chi connectivity index (χ2v) is 18.8. The van der Waals surface area contributed by atoms with Crippen molar-refractivity contribution in [1.82, 2.24) is 5.32 Å². The number of nitrogens with zero attached hydrogens (tertiary/aromatic N) is 1. The van der Waals surface area contributed by atoms with Gasteiger partial charge in [-0.15, -0.1) is 0 Å². The fourth-order valence-electron chi connectivity index (χ4n) is 6.15. The molecule has 314 valence electrons. The molecule has 0 aromatic rings. The predicted molar refractivity (Wildman–Crippen MR) is 231 cm³/mol. The predicted octanol–water partition coefficient (Wildman–Crippen LogP) is 12.5.